The first-order valence-electron chi connectivity index (χ1n) is 16.9. The molecule has 0 bridgehead atoms. The summed E-state index contributed by atoms with van der Waals surface area (Å²) in [5.74, 6) is 0.343. The van der Waals surface area contributed by atoms with Crippen LogP contribution in [0.3, 0.4) is 0 Å². The lowest BCUT2D eigenvalue weighted by Gasteiger charge is -2.70. The number of allylic oxidation sites excluding steroid dienone is 7. The summed E-state index contributed by atoms with van der Waals surface area (Å²) in [6, 6.07) is 0. The lowest BCUT2D eigenvalue weighted by atomic mass is 9.35. The zero-order valence-electron chi connectivity index (χ0n) is 27.8. The van der Waals surface area contributed by atoms with Crippen molar-refractivity contribution in [2.24, 2.45) is 39.4 Å². The van der Waals surface area contributed by atoms with Gasteiger partial charge >= 0.3 is 11.8 Å². The minimum absolute atomic E-state index is 0.0000105. The number of aliphatic hydroxyl groups is 1. The molecule has 0 radical (unpaired) electrons. The largest absolute Gasteiger partial charge is 0.504 e. The van der Waals surface area contributed by atoms with Gasteiger partial charge in [-0.2, -0.15) is 0 Å². The number of likely N-dealkylation sites (tertiary alicyclic amines) is 2. The summed E-state index contributed by atoms with van der Waals surface area (Å²) in [5.41, 5.74) is 3.56. The molecule has 5 aliphatic carbocycles. The first-order chi connectivity index (χ1) is 20.5. The minimum Gasteiger partial charge on any atom is -0.504 e. The van der Waals surface area contributed by atoms with Crippen molar-refractivity contribution in [2.45, 2.75) is 92.0 Å². The fraction of sp³-hybridized carbons (Fsp3) is 0.703. The molecule has 44 heavy (non-hydrogen) atoms. The van der Waals surface area contributed by atoms with Gasteiger partial charge in [-0.25, -0.2) is 0 Å². The molecule has 7 nitrogen and oxygen atoms in total. The summed E-state index contributed by atoms with van der Waals surface area (Å²) >= 11 is 0. The molecule has 0 aromatic carbocycles. The molecule has 2 heterocycles. The summed E-state index contributed by atoms with van der Waals surface area (Å²) in [6.45, 7) is 17.3. The van der Waals surface area contributed by atoms with E-state index in [1.807, 2.05) is 6.92 Å². The quantitative estimate of drug-likeness (QED) is 0.408. The number of ketones is 1. The fourth-order valence-corrected chi connectivity index (χ4v) is 11.1. The van der Waals surface area contributed by atoms with Crippen molar-refractivity contribution in [3.63, 3.8) is 0 Å². The molecule has 2 N–H and O–H groups in total. The molecule has 0 aromatic heterocycles. The maximum atomic E-state index is 13.4. The maximum absolute atomic E-state index is 13.4. The van der Waals surface area contributed by atoms with E-state index in [-0.39, 0.29) is 39.1 Å². The van der Waals surface area contributed by atoms with Gasteiger partial charge in [0.25, 0.3) is 0 Å². The number of carbonyl (C=O) groups is 3. The van der Waals surface area contributed by atoms with Gasteiger partial charge in [-0.3, -0.25) is 14.4 Å². The third kappa shape index (κ3) is 3.99. The second kappa shape index (κ2) is 9.43. The highest BCUT2D eigenvalue weighted by atomic mass is 16.3. The average molecular weight is 602 g/mol. The molecule has 2 saturated heterocycles. The number of nitrogens with zero attached hydrogens (tertiary/aromatic N) is 2. The monoisotopic (exact) mass is 601 g/mol. The molecule has 2 amide bonds. The van der Waals surface area contributed by atoms with Gasteiger partial charge in [0, 0.05) is 42.7 Å². The topological polar surface area (TPSA) is 89.9 Å². The Kier molecular flexibility index (Phi) is 6.43. The van der Waals surface area contributed by atoms with Crippen LogP contribution in [-0.4, -0.2) is 71.3 Å². The molecule has 3 saturated carbocycles. The Hall–Kier alpha value is -2.67. The van der Waals surface area contributed by atoms with E-state index in [1.54, 1.807) is 11.0 Å². The Bertz CT molecular complexity index is 1480. The van der Waals surface area contributed by atoms with Crippen LogP contribution >= 0.6 is 0 Å². The normalized spacial score (nSPS) is 42.4. The van der Waals surface area contributed by atoms with Crippen LogP contribution in [0.15, 0.2) is 46.3 Å². The van der Waals surface area contributed by atoms with Crippen molar-refractivity contribution in [1.29, 1.82) is 0 Å². The van der Waals surface area contributed by atoms with Crippen molar-refractivity contribution in [3.8, 4) is 0 Å². The third-order valence-corrected chi connectivity index (χ3v) is 14.4. The lowest BCUT2D eigenvalue weighted by molar-refractivity contribution is -0.161. The van der Waals surface area contributed by atoms with Crippen LogP contribution in [0.1, 0.15) is 86.5 Å². The molecular weight excluding hydrogens is 550 g/mol. The van der Waals surface area contributed by atoms with Crippen molar-refractivity contribution in [2.75, 3.05) is 33.2 Å². The van der Waals surface area contributed by atoms with Gasteiger partial charge in [-0.1, -0.05) is 45.4 Å². The Balaban J connectivity index is 1.13. The summed E-state index contributed by atoms with van der Waals surface area (Å²) in [7, 11) is 2.13. The number of amides is 2. The fourth-order valence-electron chi connectivity index (χ4n) is 11.1. The number of hydrogen-bond donors (Lipinski definition) is 2. The van der Waals surface area contributed by atoms with E-state index >= 15 is 0 Å². The highest BCUT2D eigenvalue weighted by Gasteiger charge is 2.67. The summed E-state index contributed by atoms with van der Waals surface area (Å²) in [5, 5.41) is 13.7. The smallest absolute Gasteiger partial charge is 0.311 e. The Morgan fingerprint density at radius 2 is 1.57 bits per heavy atom. The van der Waals surface area contributed by atoms with Crippen LogP contribution < -0.4 is 5.32 Å². The van der Waals surface area contributed by atoms with Gasteiger partial charge in [-0.15, -0.1) is 0 Å². The highest BCUT2D eigenvalue weighted by molar-refractivity contribution is 6.35. The summed E-state index contributed by atoms with van der Waals surface area (Å²) < 4.78 is 0. The van der Waals surface area contributed by atoms with Crippen LogP contribution in [0.2, 0.25) is 0 Å². The zero-order valence-corrected chi connectivity index (χ0v) is 27.8. The van der Waals surface area contributed by atoms with Gasteiger partial charge in [0.2, 0.25) is 5.78 Å². The van der Waals surface area contributed by atoms with E-state index in [1.165, 1.54) is 5.57 Å². The van der Waals surface area contributed by atoms with Gasteiger partial charge in [0.1, 0.15) is 0 Å². The number of nitrogens with one attached hydrogen (secondary N) is 1. The second-order valence-electron chi connectivity index (χ2n) is 17.0. The SMILES string of the molecule is CC1=C(O)C(=O)C=C2C1=CC=C1[C@@]2(C)CC[C@@]2(C)C3C[C@](C)(NC(=O)C(=O)N4CC(C5CN(C)C5)C4)CC[C@]3(C)CC[C@]12C. The van der Waals surface area contributed by atoms with E-state index in [0.29, 0.717) is 36.4 Å². The number of hydrogen-bond acceptors (Lipinski definition) is 5. The third-order valence-electron chi connectivity index (χ3n) is 14.4. The molecule has 6 atom stereocenters. The second-order valence-corrected chi connectivity index (χ2v) is 17.0. The molecule has 7 rings (SSSR count). The Morgan fingerprint density at radius 1 is 0.909 bits per heavy atom. The van der Waals surface area contributed by atoms with Crippen molar-refractivity contribution in [3.05, 3.63) is 46.3 Å². The van der Waals surface area contributed by atoms with Crippen LogP contribution in [0.4, 0.5) is 0 Å². The van der Waals surface area contributed by atoms with Crippen LogP contribution in [0.5, 0.6) is 0 Å². The van der Waals surface area contributed by atoms with Gasteiger partial charge < -0.3 is 20.2 Å². The lowest BCUT2D eigenvalue weighted by Crippen LogP contribution is -2.66. The van der Waals surface area contributed by atoms with Crippen molar-refractivity contribution in [1.82, 2.24) is 15.1 Å². The molecular formula is C37H51N3O4. The van der Waals surface area contributed by atoms with Crippen LogP contribution in [-0.2, 0) is 14.4 Å². The van der Waals surface area contributed by atoms with E-state index < -0.39 is 11.4 Å². The molecule has 238 valence electrons. The van der Waals surface area contributed by atoms with Gasteiger partial charge in [-0.05, 0) is 117 Å². The standard InChI is InChI=1S/C37H51N3O4/c1-22-25-8-9-28-35(4,26(25)16-27(41)30(22)42)13-15-37(6)29-17-34(3,12-10-33(29,2)11-14-36(28,37)5)38-31(43)32(44)40-20-24(21-40)23-18-39(7)19-23/h8-9,16,23-24,29,42H,10-15,17-21H2,1-7H3,(H,38,43)/t29?,33-,34-,35+,36-,37+/m1/s1. The Morgan fingerprint density at radius 3 is 2.25 bits per heavy atom. The predicted octanol–water partition coefficient (Wildman–Crippen LogP) is 5.50. The molecule has 7 aliphatic rings. The highest BCUT2D eigenvalue weighted by Crippen LogP contribution is 2.75. The molecule has 0 spiro atoms. The molecule has 2 aliphatic heterocycles. The molecule has 1 unspecified atom stereocenters. The first-order valence-corrected chi connectivity index (χ1v) is 16.9. The van der Waals surface area contributed by atoms with Gasteiger partial charge in [0.05, 0.1) is 0 Å². The van der Waals surface area contributed by atoms with E-state index in [4.69, 9.17) is 0 Å². The van der Waals surface area contributed by atoms with Crippen molar-refractivity contribution >= 4 is 17.6 Å². The molecule has 5 fully saturated rings. The summed E-state index contributed by atoms with van der Waals surface area (Å²) in [6.07, 6.45) is 13.1. The number of aliphatic hydroxyl groups excluding tert-OH is 1. The van der Waals surface area contributed by atoms with E-state index in [2.05, 4.69) is 64.0 Å². The average Bonchev–Trinajstić information content (AvgIpc) is 2.93. The van der Waals surface area contributed by atoms with Gasteiger partial charge in [0.15, 0.2) is 5.76 Å². The predicted molar refractivity (Wildman–Crippen MR) is 170 cm³/mol. The van der Waals surface area contributed by atoms with E-state index in [0.717, 1.165) is 69.2 Å². The van der Waals surface area contributed by atoms with Crippen LogP contribution in [0, 0.1) is 39.4 Å². The number of fused-ring (bicyclic) bond motifs is 7. The Labute approximate surface area is 262 Å². The summed E-state index contributed by atoms with van der Waals surface area (Å²) in [4.78, 5) is 43.4. The zero-order chi connectivity index (χ0) is 31.6. The minimum atomic E-state index is -0.437. The van der Waals surface area contributed by atoms with Crippen molar-refractivity contribution < 1.29 is 19.5 Å². The molecule has 7 heteroatoms. The molecule has 0 aromatic rings. The first kappa shape index (κ1) is 30.0. The maximum Gasteiger partial charge on any atom is 0.311 e. The number of rotatable bonds is 2. The van der Waals surface area contributed by atoms with E-state index in [9.17, 15) is 19.5 Å². The number of carbonyl (C=O) groups excluding carboxylic acids is 3. The van der Waals surface area contributed by atoms with Crippen LogP contribution in [0.25, 0.3) is 0 Å².